The number of hydrogen-bond donors (Lipinski definition) is 0. The molecular formula is C22H48NO+. The highest BCUT2D eigenvalue weighted by molar-refractivity contribution is 4.46. The fraction of sp³-hybridized carbons (Fsp3) is 1.00. The highest BCUT2D eigenvalue weighted by atomic mass is 16.7. The molecule has 0 heterocycles. The Labute approximate surface area is 153 Å². The van der Waals surface area contributed by atoms with Crippen LogP contribution in [0.4, 0.5) is 0 Å². The van der Waals surface area contributed by atoms with E-state index in [1.54, 1.807) is 0 Å². The van der Waals surface area contributed by atoms with Crippen molar-refractivity contribution in [1.29, 1.82) is 0 Å². The van der Waals surface area contributed by atoms with Gasteiger partial charge in [0.25, 0.3) is 0 Å². The largest absolute Gasteiger partial charge is 0.203 e. The van der Waals surface area contributed by atoms with Crippen molar-refractivity contribution in [1.82, 2.24) is 0 Å². The van der Waals surface area contributed by atoms with Crippen LogP contribution in [0.1, 0.15) is 117 Å². The van der Waals surface area contributed by atoms with Gasteiger partial charge in [0, 0.05) is 0 Å². The lowest BCUT2D eigenvalue weighted by atomic mass is 10.1. The lowest BCUT2D eigenvalue weighted by Crippen LogP contribution is -2.40. The van der Waals surface area contributed by atoms with E-state index in [0.717, 1.165) is 17.8 Å². The Bertz CT molecular complexity index is 240. The van der Waals surface area contributed by atoms with Crippen LogP contribution >= 0.6 is 0 Å². The van der Waals surface area contributed by atoms with Gasteiger partial charge in [-0.25, -0.2) is 4.84 Å². The minimum Gasteiger partial charge on any atom is -0.203 e. The smallest absolute Gasteiger partial charge is 0.108 e. The second-order valence-electron chi connectivity index (χ2n) is 8.08. The molecule has 0 radical (unpaired) electrons. The van der Waals surface area contributed by atoms with Crippen molar-refractivity contribution in [2.24, 2.45) is 0 Å². The summed E-state index contributed by atoms with van der Waals surface area (Å²) < 4.78 is 0.742. The summed E-state index contributed by atoms with van der Waals surface area (Å²) in [5.41, 5.74) is 0. The SMILES string of the molecule is CCCCCCCCCCO[N+](C)(C)CCCCCCCCCC. The molecule has 0 aromatic carbocycles. The van der Waals surface area contributed by atoms with E-state index in [1.807, 2.05) is 0 Å². The number of hydrogen-bond acceptors (Lipinski definition) is 1. The lowest BCUT2D eigenvalue weighted by Gasteiger charge is -2.27. The Kier molecular flexibility index (Phi) is 17.7. The van der Waals surface area contributed by atoms with Gasteiger partial charge < -0.3 is 0 Å². The van der Waals surface area contributed by atoms with Crippen LogP contribution in [0.15, 0.2) is 0 Å². The number of nitrogens with zero attached hydrogens (tertiary/aromatic N) is 1. The average molecular weight is 343 g/mol. The van der Waals surface area contributed by atoms with Gasteiger partial charge in [0.1, 0.15) is 13.2 Å². The van der Waals surface area contributed by atoms with Crippen molar-refractivity contribution >= 4 is 0 Å². The van der Waals surface area contributed by atoms with Crippen LogP contribution in [-0.2, 0) is 4.84 Å². The van der Waals surface area contributed by atoms with Gasteiger partial charge >= 0.3 is 0 Å². The molecule has 0 aromatic rings. The molecule has 0 aliphatic rings. The van der Waals surface area contributed by atoms with Crippen LogP contribution in [0, 0.1) is 0 Å². The van der Waals surface area contributed by atoms with E-state index < -0.39 is 0 Å². The standard InChI is InChI=1S/C22H48NO/c1-5-7-9-11-13-15-17-19-21-23(3,4)24-22-20-18-16-14-12-10-8-6-2/h5-22H2,1-4H3/q+1. The fourth-order valence-corrected chi connectivity index (χ4v) is 3.24. The Morgan fingerprint density at radius 2 is 0.875 bits per heavy atom. The summed E-state index contributed by atoms with van der Waals surface area (Å²) in [6.45, 7) is 6.66. The topological polar surface area (TPSA) is 9.23 Å². The van der Waals surface area contributed by atoms with E-state index in [9.17, 15) is 0 Å². The molecule has 0 aliphatic heterocycles. The van der Waals surface area contributed by atoms with E-state index >= 15 is 0 Å². The van der Waals surface area contributed by atoms with Crippen LogP contribution < -0.4 is 0 Å². The monoisotopic (exact) mass is 342 g/mol. The van der Waals surface area contributed by atoms with Gasteiger partial charge in [-0.05, 0) is 19.3 Å². The van der Waals surface area contributed by atoms with Crippen LogP contribution in [0.5, 0.6) is 0 Å². The molecule has 0 bridgehead atoms. The number of unbranched alkanes of at least 4 members (excludes halogenated alkanes) is 14. The number of hydroxylamine groups is 3. The molecule has 0 unspecified atom stereocenters. The Balaban J connectivity index is 3.32. The second-order valence-corrected chi connectivity index (χ2v) is 8.08. The molecule has 0 N–H and O–H groups in total. The first-order valence-corrected chi connectivity index (χ1v) is 11.1. The normalized spacial score (nSPS) is 12.0. The molecular weight excluding hydrogens is 294 g/mol. The molecule has 0 spiro atoms. The van der Waals surface area contributed by atoms with Crippen molar-refractivity contribution < 1.29 is 9.48 Å². The summed E-state index contributed by atoms with van der Waals surface area (Å²) in [6, 6.07) is 0. The van der Waals surface area contributed by atoms with Crippen molar-refractivity contribution in [2.75, 3.05) is 27.2 Å². The molecule has 0 aliphatic carbocycles. The molecule has 0 aromatic heterocycles. The first kappa shape index (κ1) is 23.9. The highest BCUT2D eigenvalue weighted by Crippen LogP contribution is 2.12. The summed E-state index contributed by atoms with van der Waals surface area (Å²) in [4.78, 5) is 6.07. The first-order chi connectivity index (χ1) is 11.6. The minimum absolute atomic E-state index is 0.742. The molecule has 2 heteroatoms. The molecule has 0 saturated heterocycles. The Morgan fingerprint density at radius 3 is 1.33 bits per heavy atom. The third-order valence-corrected chi connectivity index (χ3v) is 4.99. The van der Waals surface area contributed by atoms with Crippen molar-refractivity contribution in [3.8, 4) is 0 Å². The highest BCUT2D eigenvalue weighted by Gasteiger charge is 2.15. The van der Waals surface area contributed by atoms with Crippen LogP contribution in [0.3, 0.4) is 0 Å². The predicted octanol–water partition coefficient (Wildman–Crippen LogP) is 7.28. The van der Waals surface area contributed by atoms with Gasteiger partial charge in [-0.3, -0.25) is 0 Å². The lowest BCUT2D eigenvalue weighted by molar-refractivity contribution is -1.08. The van der Waals surface area contributed by atoms with Crippen LogP contribution in [0.25, 0.3) is 0 Å². The maximum absolute atomic E-state index is 6.07. The number of quaternary nitrogens is 1. The van der Waals surface area contributed by atoms with E-state index in [4.69, 9.17) is 4.84 Å². The molecule has 146 valence electrons. The summed E-state index contributed by atoms with van der Waals surface area (Å²) >= 11 is 0. The van der Waals surface area contributed by atoms with E-state index in [0.29, 0.717) is 0 Å². The molecule has 2 nitrogen and oxygen atoms in total. The average Bonchev–Trinajstić information content (AvgIpc) is 2.55. The predicted molar refractivity (Wildman–Crippen MR) is 108 cm³/mol. The molecule has 24 heavy (non-hydrogen) atoms. The zero-order chi connectivity index (χ0) is 17.9. The van der Waals surface area contributed by atoms with Gasteiger partial charge in [0.2, 0.25) is 0 Å². The van der Waals surface area contributed by atoms with Gasteiger partial charge in [-0.15, -0.1) is 0 Å². The van der Waals surface area contributed by atoms with E-state index in [-0.39, 0.29) is 0 Å². The molecule has 0 rings (SSSR count). The summed E-state index contributed by atoms with van der Waals surface area (Å²) in [5, 5.41) is 0. The first-order valence-electron chi connectivity index (χ1n) is 11.1. The quantitative estimate of drug-likeness (QED) is 0.136. The molecule has 0 amide bonds. The Hall–Kier alpha value is -0.0800. The summed E-state index contributed by atoms with van der Waals surface area (Å²) in [7, 11) is 4.43. The van der Waals surface area contributed by atoms with Gasteiger partial charge in [0.15, 0.2) is 0 Å². The molecule has 0 atom stereocenters. The van der Waals surface area contributed by atoms with Crippen LogP contribution in [0.2, 0.25) is 0 Å². The zero-order valence-electron chi connectivity index (χ0n) is 17.6. The van der Waals surface area contributed by atoms with Gasteiger partial charge in [0.05, 0.1) is 14.1 Å². The molecule has 0 saturated carbocycles. The van der Waals surface area contributed by atoms with Crippen molar-refractivity contribution in [3.63, 3.8) is 0 Å². The maximum Gasteiger partial charge on any atom is 0.108 e. The Morgan fingerprint density at radius 1 is 0.500 bits per heavy atom. The van der Waals surface area contributed by atoms with E-state index in [1.165, 1.54) is 103 Å². The summed E-state index contributed by atoms with van der Waals surface area (Å²) in [5.74, 6) is 0. The van der Waals surface area contributed by atoms with Gasteiger partial charge in [-0.2, -0.15) is 4.65 Å². The minimum atomic E-state index is 0.742. The van der Waals surface area contributed by atoms with Crippen molar-refractivity contribution in [3.05, 3.63) is 0 Å². The molecule has 0 fully saturated rings. The fourth-order valence-electron chi connectivity index (χ4n) is 3.24. The van der Waals surface area contributed by atoms with Crippen molar-refractivity contribution in [2.45, 2.75) is 117 Å². The maximum atomic E-state index is 6.07. The zero-order valence-corrected chi connectivity index (χ0v) is 17.6. The summed E-state index contributed by atoms with van der Waals surface area (Å²) in [6.07, 6.45) is 22.1. The third kappa shape index (κ3) is 18.3. The third-order valence-electron chi connectivity index (χ3n) is 4.99. The van der Waals surface area contributed by atoms with E-state index in [2.05, 4.69) is 27.9 Å². The van der Waals surface area contributed by atoms with Gasteiger partial charge in [-0.1, -0.05) is 97.3 Å². The second kappa shape index (κ2) is 17.7. The van der Waals surface area contributed by atoms with Crippen LogP contribution in [-0.4, -0.2) is 31.9 Å². The number of rotatable bonds is 19.